The molecule has 1 fully saturated rings. The second-order valence-electron chi connectivity index (χ2n) is 6.30. The molecule has 21 heavy (non-hydrogen) atoms. The van der Waals surface area contributed by atoms with Crippen molar-refractivity contribution in [2.24, 2.45) is 5.41 Å². The van der Waals surface area contributed by atoms with Crippen molar-refractivity contribution in [2.45, 2.75) is 33.4 Å². The molecule has 4 nitrogen and oxygen atoms in total. The highest BCUT2D eigenvalue weighted by Gasteiger charge is 2.39. The van der Waals surface area contributed by atoms with Gasteiger partial charge in [0.25, 0.3) is 0 Å². The highest BCUT2D eigenvalue weighted by atomic mass is 35.5. The van der Waals surface area contributed by atoms with Crippen LogP contribution in [-0.2, 0) is 16.1 Å². The molecule has 0 radical (unpaired) electrons. The number of piperazine rings is 1. The highest BCUT2D eigenvalue weighted by molar-refractivity contribution is 6.30. The van der Waals surface area contributed by atoms with Crippen LogP contribution in [0.5, 0.6) is 0 Å². The third-order valence-electron chi connectivity index (χ3n) is 3.44. The zero-order chi connectivity index (χ0) is 15.8. The van der Waals surface area contributed by atoms with Gasteiger partial charge >= 0.3 is 0 Å². The third-order valence-corrected chi connectivity index (χ3v) is 3.68. The van der Waals surface area contributed by atoms with E-state index in [1.54, 1.807) is 6.07 Å². The van der Waals surface area contributed by atoms with Crippen LogP contribution in [-0.4, -0.2) is 29.3 Å². The van der Waals surface area contributed by atoms with Crippen LogP contribution >= 0.6 is 11.6 Å². The molecule has 0 aromatic heterocycles. The minimum Gasteiger partial charge on any atom is -0.342 e. The molecular formula is C15H18ClFN2O2. The lowest BCUT2D eigenvalue weighted by molar-refractivity contribution is -0.148. The van der Waals surface area contributed by atoms with Gasteiger partial charge in [0.2, 0.25) is 11.8 Å². The van der Waals surface area contributed by atoms with E-state index in [2.05, 4.69) is 5.32 Å². The van der Waals surface area contributed by atoms with E-state index in [-0.39, 0.29) is 24.9 Å². The van der Waals surface area contributed by atoms with Crippen molar-refractivity contribution < 1.29 is 14.0 Å². The van der Waals surface area contributed by atoms with E-state index in [4.69, 9.17) is 11.6 Å². The van der Waals surface area contributed by atoms with E-state index < -0.39 is 17.3 Å². The number of halogens is 2. The van der Waals surface area contributed by atoms with Gasteiger partial charge in [0.15, 0.2) is 0 Å². The Balaban J connectivity index is 2.22. The molecule has 0 aliphatic carbocycles. The first-order chi connectivity index (χ1) is 9.68. The number of nitrogens with one attached hydrogen (secondary N) is 1. The Morgan fingerprint density at radius 2 is 2.05 bits per heavy atom. The van der Waals surface area contributed by atoms with E-state index in [0.29, 0.717) is 10.6 Å². The van der Waals surface area contributed by atoms with Crippen LogP contribution in [0.15, 0.2) is 18.2 Å². The van der Waals surface area contributed by atoms with Gasteiger partial charge < -0.3 is 10.2 Å². The molecule has 1 N–H and O–H groups in total. The Kier molecular flexibility index (Phi) is 4.23. The SMILES string of the molecule is CC(C)(C)C1NC(=O)CN(Cc2ccc(Cl)cc2F)C1=O. The minimum absolute atomic E-state index is 0.0574. The monoisotopic (exact) mass is 312 g/mol. The van der Waals surface area contributed by atoms with Crippen molar-refractivity contribution in [3.05, 3.63) is 34.6 Å². The summed E-state index contributed by atoms with van der Waals surface area (Å²) >= 11 is 5.71. The highest BCUT2D eigenvalue weighted by Crippen LogP contribution is 2.25. The van der Waals surface area contributed by atoms with Gasteiger partial charge in [-0.1, -0.05) is 38.4 Å². The van der Waals surface area contributed by atoms with Gasteiger partial charge in [-0.15, -0.1) is 0 Å². The number of hydrogen-bond donors (Lipinski definition) is 1. The number of benzene rings is 1. The maximum Gasteiger partial charge on any atom is 0.246 e. The molecular weight excluding hydrogens is 295 g/mol. The average molecular weight is 313 g/mol. The summed E-state index contributed by atoms with van der Waals surface area (Å²) in [5.41, 5.74) is -0.0562. The van der Waals surface area contributed by atoms with Crippen LogP contribution in [0.1, 0.15) is 26.3 Å². The molecule has 1 aromatic carbocycles. The normalized spacial score (nSPS) is 19.7. The minimum atomic E-state index is -0.603. The molecule has 6 heteroatoms. The summed E-state index contributed by atoms with van der Waals surface area (Å²) < 4.78 is 13.8. The number of hydrogen-bond acceptors (Lipinski definition) is 2. The third kappa shape index (κ3) is 3.53. The molecule has 1 aromatic rings. The fraction of sp³-hybridized carbons (Fsp3) is 0.467. The summed E-state index contributed by atoms with van der Waals surface area (Å²) in [6.45, 7) is 5.63. The molecule has 0 spiro atoms. The topological polar surface area (TPSA) is 49.4 Å². The molecule has 2 rings (SSSR count). The lowest BCUT2D eigenvalue weighted by atomic mass is 9.84. The Morgan fingerprint density at radius 1 is 1.38 bits per heavy atom. The van der Waals surface area contributed by atoms with Crippen molar-refractivity contribution in [1.29, 1.82) is 0 Å². The Labute approximate surface area is 128 Å². The summed E-state index contributed by atoms with van der Waals surface area (Å²) in [7, 11) is 0. The molecule has 1 saturated heterocycles. The smallest absolute Gasteiger partial charge is 0.246 e. The maximum atomic E-state index is 13.8. The first-order valence-electron chi connectivity index (χ1n) is 6.70. The standard InChI is InChI=1S/C15H18ClFN2O2/c1-15(2,3)13-14(21)19(8-12(20)18-13)7-9-4-5-10(16)6-11(9)17/h4-6,13H,7-8H2,1-3H3,(H,18,20). The quantitative estimate of drug-likeness (QED) is 0.911. The van der Waals surface area contributed by atoms with Crippen LogP contribution in [0.3, 0.4) is 0 Å². The molecule has 1 heterocycles. The first kappa shape index (κ1) is 15.8. The average Bonchev–Trinajstić information content (AvgIpc) is 2.35. The van der Waals surface area contributed by atoms with Crippen molar-refractivity contribution in [3.63, 3.8) is 0 Å². The van der Waals surface area contributed by atoms with Gasteiger partial charge in [-0.05, 0) is 17.5 Å². The molecule has 1 atom stereocenters. The van der Waals surface area contributed by atoms with Gasteiger partial charge in [0.1, 0.15) is 11.9 Å². The lowest BCUT2D eigenvalue weighted by Crippen LogP contribution is -2.61. The summed E-state index contributed by atoms with van der Waals surface area (Å²) in [5.74, 6) is -0.908. The molecule has 2 amide bonds. The zero-order valence-electron chi connectivity index (χ0n) is 12.2. The van der Waals surface area contributed by atoms with Crippen molar-refractivity contribution in [2.75, 3.05) is 6.54 Å². The largest absolute Gasteiger partial charge is 0.342 e. The van der Waals surface area contributed by atoms with Crippen LogP contribution in [0.4, 0.5) is 4.39 Å². The van der Waals surface area contributed by atoms with Crippen LogP contribution in [0.25, 0.3) is 0 Å². The van der Waals surface area contributed by atoms with Crippen molar-refractivity contribution in [1.82, 2.24) is 10.2 Å². The molecule has 0 saturated carbocycles. The van der Waals surface area contributed by atoms with Gasteiger partial charge in [-0.2, -0.15) is 0 Å². The van der Waals surface area contributed by atoms with E-state index in [1.807, 2.05) is 20.8 Å². The molecule has 1 aliphatic rings. The van der Waals surface area contributed by atoms with Crippen LogP contribution in [0, 0.1) is 11.2 Å². The van der Waals surface area contributed by atoms with Crippen molar-refractivity contribution in [3.8, 4) is 0 Å². The molecule has 1 aliphatic heterocycles. The van der Waals surface area contributed by atoms with Crippen LogP contribution < -0.4 is 5.32 Å². The number of rotatable bonds is 2. The second-order valence-corrected chi connectivity index (χ2v) is 6.73. The van der Waals surface area contributed by atoms with E-state index in [9.17, 15) is 14.0 Å². The van der Waals surface area contributed by atoms with E-state index in [0.717, 1.165) is 0 Å². The molecule has 0 bridgehead atoms. The Bertz CT molecular complexity index is 584. The first-order valence-corrected chi connectivity index (χ1v) is 7.08. The maximum absolute atomic E-state index is 13.8. The number of carbonyl (C=O) groups excluding carboxylic acids is 2. The number of nitrogens with zero attached hydrogens (tertiary/aromatic N) is 1. The van der Waals surface area contributed by atoms with Crippen molar-refractivity contribution >= 4 is 23.4 Å². The van der Waals surface area contributed by atoms with E-state index in [1.165, 1.54) is 17.0 Å². The summed E-state index contributed by atoms with van der Waals surface area (Å²) in [5, 5.41) is 3.00. The summed E-state index contributed by atoms with van der Waals surface area (Å²) in [4.78, 5) is 25.6. The number of carbonyl (C=O) groups is 2. The zero-order valence-corrected chi connectivity index (χ0v) is 13.0. The lowest BCUT2D eigenvalue weighted by Gasteiger charge is -2.38. The van der Waals surface area contributed by atoms with Gasteiger partial charge in [0, 0.05) is 17.1 Å². The fourth-order valence-electron chi connectivity index (χ4n) is 2.28. The summed E-state index contributed by atoms with van der Waals surface area (Å²) in [6, 6.07) is 3.69. The second kappa shape index (κ2) is 5.64. The van der Waals surface area contributed by atoms with Gasteiger partial charge in [-0.25, -0.2) is 4.39 Å². The van der Waals surface area contributed by atoms with Crippen LogP contribution in [0.2, 0.25) is 5.02 Å². The van der Waals surface area contributed by atoms with Gasteiger partial charge in [0.05, 0.1) is 6.54 Å². The Hall–Kier alpha value is -1.62. The predicted molar refractivity (Wildman–Crippen MR) is 78.2 cm³/mol. The Morgan fingerprint density at radius 3 is 2.62 bits per heavy atom. The predicted octanol–water partition coefficient (Wildman–Crippen LogP) is 2.35. The summed E-state index contributed by atoms with van der Waals surface area (Å²) in [6.07, 6.45) is 0. The molecule has 114 valence electrons. The number of amides is 2. The van der Waals surface area contributed by atoms with E-state index >= 15 is 0 Å². The fourth-order valence-corrected chi connectivity index (χ4v) is 2.44. The van der Waals surface area contributed by atoms with Gasteiger partial charge in [-0.3, -0.25) is 9.59 Å². The molecule has 1 unspecified atom stereocenters.